The van der Waals surface area contributed by atoms with Gasteiger partial charge < -0.3 is 9.47 Å². The predicted molar refractivity (Wildman–Crippen MR) is 106 cm³/mol. The largest absolute Gasteiger partial charge is 0.444 e. The molecule has 0 atom stereocenters. The number of hydrazine groups is 1. The highest BCUT2D eigenvalue weighted by atomic mass is 32.2. The standard InChI is InChI=1S/C20H24N2O6S/c1-15-10-12-17(13-11-15)29(25,26)22(19(24)28-20(2,3)4)21-18(23)27-14-16-8-6-5-7-9-16/h5-13H,14H2,1-4H3,(H,21,23). The molecule has 1 N–H and O–H groups in total. The van der Waals surface area contributed by atoms with Crippen molar-refractivity contribution in [2.45, 2.75) is 44.8 Å². The molecule has 8 nitrogen and oxygen atoms in total. The zero-order chi connectivity index (χ0) is 21.7. The molecule has 0 spiro atoms. The molecule has 2 aromatic carbocycles. The van der Waals surface area contributed by atoms with E-state index in [1.54, 1.807) is 64.1 Å². The molecule has 29 heavy (non-hydrogen) atoms. The molecule has 0 heterocycles. The van der Waals surface area contributed by atoms with Crippen LogP contribution in [0.2, 0.25) is 0 Å². The van der Waals surface area contributed by atoms with Crippen molar-refractivity contribution in [1.82, 2.24) is 9.84 Å². The molecule has 0 radical (unpaired) electrons. The van der Waals surface area contributed by atoms with Crippen LogP contribution in [-0.4, -0.2) is 30.6 Å². The van der Waals surface area contributed by atoms with E-state index in [-0.39, 0.29) is 15.9 Å². The minimum absolute atomic E-state index is 0.0978. The van der Waals surface area contributed by atoms with E-state index in [4.69, 9.17) is 9.47 Å². The maximum absolute atomic E-state index is 12.9. The van der Waals surface area contributed by atoms with Crippen molar-refractivity contribution in [1.29, 1.82) is 0 Å². The summed E-state index contributed by atoms with van der Waals surface area (Å²) in [6.45, 7) is 6.43. The molecule has 0 bridgehead atoms. The summed E-state index contributed by atoms with van der Waals surface area (Å²) in [6.07, 6.45) is -2.37. The van der Waals surface area contributed by atoms with Crippen molar-refractivity contribution >= 4 is 22.2 Å². The van der Waals surface area contributed by atoms with Crippen molar-refractivity contribution in [2.75, 3.05) is 0 Å². The molecule has 2 rings (SSSR count). The Balaban J connectivity index is 2.23. The van der Waals surface area contributed by atoms with Gasteiger partial charge in [0.1, 0.15) is 12.2 Å². The van der Waals surface area contributed by atoms with Gasteiger partial charge in [-0.15, -0.1) is 4.41 Å². The van der Waals surface area contributed by atoms with E-state index in [0.29, 0.717) is 5.56 Å². The number of nitrogens with zero attached hydrogens (tertiary/aromatic N) is 1. The summed E-state index contributed by atoms with van der Waals surface area (Å²) >= 11 is 0. The summed E-state index contributed by atoms with van der Waals surface area (Å²) < 4.78 is 36.2. The minimum Gasteiger partial charge on any atom is -0.443 e. The number of nitrogens with one attached hydrogen (secondary N) is 1. The van der Waals surface area contributed by atoms with E-state index in [1.807, 2.05) is 11.5 Å². The molecule has 0 unspecified atom stereocenters. The number of benzene rings is 2. The van der Waals surface area contributed by atoms with Gasteiger partial charge in [-0.1, -0.05) is 48.0 Å². The normalized spacial score (nSPS) is 11.4. The molecule has 0 fully saturated rings. The lowest BCUT2D eigenvalue weighted by molar-refractivity contribution is 0.0304. The number of carbonyl (C=O) groups excluding carboxylic acids is 2. The van der Waals surface area contributed by atoms with Crippen LogP contribution in [0.25, 0.3) is 0 Å². The summed E-state index contributed by atoms with van der Waals surface area (Å²) in [7, 11) is -4.42. The highest BCUT2D eigenvalue weighted by molar-refractivity contribution is 7.89. The summed E-state index contributed by atoms with van der Waals surface area (Å²) in [4.78, 5) is 24.5. The number of ether oxygens (including phenoxy) is 2. The highest BCUT2D eigenvalue weighted by Gasteiger charge is 2.35. The van der Waals surface area contributed by atoms with Gasteiger partial charge in [0.25, 0.3) is 10.0 Å². The molecule has 0 aliphatic heterocycles. The van der Waals surface area contributed by atoms with Crippen LogP contribution in [-0.2, 0) is 26.1 Å². The molecule has 0 saturated carbocycles. The van der Waals surface area contributed by atoms with Crippen LogP contribution in [0, 0.1) is 6.92 Å². The van der Waals surface area contributed by atoms with Gasteiger partial charge >= 0.3 is 12.2 Å². The Bertz CT molecular complexity index is 951. The Kier molecular flexibility index (Phi) is 6.86. The average Bonchev–Trinajstić information content (AvgIpc) is 2.64. The van der Waals surface area contributed by atoms with Crippen LogP contribution in [0.15, 0.2) is 59.5 Å². The van der Waals surface area contributed by atoms with Crippen LogP contribution >= 0.6 is 0 Å². The second-order valence-electron chi connectivity index (χ2n) is 7.24. The molecule has 9 heteroatoms. The van der Waals surface area contributed by atoms with Gasteiger partial charge in [0.15, 0.2) is 0 Å². The Morgan fingerprint density at radius 3 is 2.14 bits per heavy atom. The van der Waals surface area contributed by atoms with E-state index in [9.17, 15) is 18.0 Å². The first-order valence-electron chi connectivity index (χ1n) is 8.81. The lowest BCUT2D eigenvalue weighted by atomic mass is 10.2. The van der Waals surface area contributed by atoms with Gasteiger partial charge in [-0.25, -0.2) is 15.0 Å². The number of hydrogen-bond donors (Lipinski definition) is 1. The molecule has 2 aromatic rings. The first-order valence-corrected chi connectivity index (χ1v) is 10.3. The SMILES string of the molecule is Cc1ccc(S(=O)(=O)N(NC(=O)OCc2ccccc2)C(=O)OC(C)(C)C)cc1. The van der Waals surface area contributed by atoms with Crippen LogP contribution < -0.4 is 5.43 Å². The van der Waals surface area contributed by atoms with E-state index >= 15 is 0 Å². The lowest BCUT2D eigenvalue weighted by Crippen LogP contribution is -2.51. The second kappa shape index (κ2) is 8.95. The molecular weight excluding hydrogens is 396 g/mol. The Hall–Kier alpha value is -3.07. The smallest absolute Gasteiger partial charge is 0.443 e. The van der Waals surface area contributed by atoms with Crippen LogP contribution in [0.4, 0.5) is 9.59 Å². The van der Waals surface area contributed by atoms with Crippen molar-refractivity contribution in [3.8, 4) is 0 Å². The average molecular weight is 420 g/mol. The van der Waals surface area contributed by atoms with Crippen LogP contribution in [0.5, 0.6) is 0 Å². The molecular formula is C20H24N2O6S. The van der Waals surface area contributed by atoms with Crippen molar-refractivity contribution < 1.29 is 27.5 Å². The third-order valence-electron chi connectivity index (χ3n) is 3.52. The van der Waals surface area contributed by atoms with Crippen molar-refractivity contribution in [2.24, 2.45) is 0 Å². The Labute approximate surface area is 170 Å². The number of sulfonamides is 1. The fourth-order valence-corrected chi connectivity index (χ4v) is 3.28. The number of hydrogen-bond acceptors (Lipinski definition) is 6. The fourth-order valence-electron chi connectivity index (χ4n) is 2.16. The maximum Gasteiger partial charge on any atom is 0.444 e. The fraction of sp³-hybridized carbons (Fsp3) is 0.300. The van der Waals surface area contributed by atoms with Gasteiger partial charge in [0, 0.05) is 0 Å². The van der Waals surface area contributed by atoms with Gasteiger partial charge in [-0.2, -0.15) is 8.42 Å². The molecule has 156 valence electrons. The highest BCUT2D eigenvalue weighted by Crippen LogP contribution is 2.18. The summed E-state index contributed by atoms with van der Waals surface area (Å²) in [6, 6.07) is 14.6. The molecule has 0 saturated heterocycles. The van der Waals surface area contributed by atoms with Gasteiger partial charge in [-0.3, -0.25) is 0 Å². The monoisotopic (exact) mass is 420 g/mol. The number of aryl methyl sites for hydroxylation is 1. The summed E-state index contributed by atoms with van der Waals surface area (Å²) in [5.41, 5.74) is 2.53. The van der Waals surface area contributed by atoms with Crippen molar-refractivity contribution in [3.63, 3.8) is 0 Å². The van der Waals surface area contributed by atoms with Crippen LogP contribution in [0.3, 0.4) is 0 Å². The first-order chi connectivity index (χ1) is 13.5. The topological polar surface area (TPSA) is 102 Å². The Morgan fingerprint density at radius 1 is 1.00 bits per heavy atom. The van der Waals surface area contributed by atoms with E-state index in [2.05, 4.69) is 0 Å². The molecule has 2 amide bonds. The van der Waals surface area contributed by atoms with E-state index < -0.39 is 27.8 Å². The number of carbonyl (C=O) groups is 2. The zero-order valence-corrected chi connectivity index (χ0v) is 17.5. The van der Waals surface area contributed by atoms with Gasteiger partial charge in [0.05, 0.1) is 4.90 Å². The lowest BCUT2D eigenvalue weighted by Gasteiger charge is -2.26. The van der Waals surface area contributed by atoms with Gasteiger partial charge in [0.2, 0.25) is 0 Å². The Morgan fingerprint density at radius 2 is 1.59 bits per heavy atom. The maximum atomic E-state index is 12.9. The second-order valence-corrected chi connectivity index (χ2v) is 9.02. The third-order valence-corrected chi connectivity index (χ3v) is 5.11. The van der Waals surface area contributed by atoms with E-state index in [1.165, 1.54) is 12.1 Å². The molecule has 0 aromatic heterocycles. The third kappa shape index (κ3) is 6.49. The first kappa shape index (κ1) is 22.2. The summed E-state index contributed by atoms with van der Waals surface area (Å²) in [5.74, 6) is 0. The predicted octanol–water partition coefficient (Wildman–Crippen LogP) is 3.76. The quantitative estimate of drug-likeness (QED) is 0.756. The molecule has 0 aliphatic carbocycles. The number of rotatable bonds is 4. The van der Waals surface area contributed by atoms with Crippen LogP contribution in [0.1, 0.15) is 31.9 Å². The van der Waals surface area contributed by atoms with Gasteiger partial charge in [-0.05, 0) is 45.4 Å². The zero-order valence-electron chi connectivity index (χ0n) is 16.7. The van der Waals surface area contributed by atoms with E-state index in [0.717, 1.165) is 5.56 Å². The molecule has 0 aliphatic rings. The van der Waals surface area contributed by atoms with Crippen molar-refractivity contribution in [3.05, 3.63) is 65.7 Å². The number of amides is 2. The summed E-state index contributed by atoms with van der Waals surface area (Å²) in [5, 5.41) is 0. The minimum atomic E-state index is -4.42.